The Kier molecular flexibility index (Phi) is 11.4. The van der Waals surface area contributed by atoms with E-state index < -0.39 is 29.8 Å². The molecular formula is C39H42N8O3. The Morgan fingerprint density at radius 1 is 0.640 bits per heavy atom. The van der Waals surface area contributed by atoms with Crippen LogP contribution in [0.2, 0.25) is 0 Å². The van der Waals surface area contributed by atoms with Gasteiger partial charge >= 0.3 is 0 Å². The number of rotatable bonds is 15. The summed E-state index contributed by atoms with van der Waals surface area (Å²) in [4.78, 5) is 44.7. The highest BCUT2D eigenvalue weighted by molar-refractivity contribution is 5.96. The number of nitrogens with one attached hydrogen (secondary N) is 3. The van der Waals surface area contributed by atoms with E-state index in [9.17, 15) is 14.4 Å². The van der Waals surface area contributed by atoms with E-state index in [1.165, 1.54) is 0 Å². The number of amides is 3. The van der Waals surface area contributed by atoms with Crippen molar-refractivity contribution in [3.63, 3.8) is 0 Å². The van der Waals surface area contributed by atoms with Crippen LogP contribution in [0.3, 0.4) is 0 Å². The largest absolute Gasteiger partial charge is 0.384 e. The maximum Gasteiger partial charge on any atom is 0.243 e. The van der Waals surface area contributed by atoms with Gasteiger partial charge in [-0.25, -0.2) is 0 Å². The molecule has 0 aliphatic carbocycles. The highest BCUT2D eigenvalue weighted by Gasteiger charge is 2.30. The van der Waals surface area contributed by atoms with Crippen molar-refractivity contribution in [3.05, 3.63) is 131 Å². The van der Waals surface area contributed by atoms with Crippen LogP contribution in [0.15, 0.2) is 114 Å². The normalized spacial score (nSPS) is 12.8. The fourth-order valence-corrected chi connectivity index (χ4v) is 5.99. The third kappa shape index (κ3) is 9.22. The van der Waals surface area contributed by atoms with E-state index in [2.05, 4.69) is 15.6 Å². The fraction of sp³-hybridized carbons (Fsp3) is 0.205. The second-order valence-electron chi connectivity index (χ2n) is 12.3. The standard InChI is InChI=1S/C39H42N8O3/c40-35(41)28-15-11-24(12-16-28)21-32(31-18-17-27-7-2-4-9-30(27)23-31)37(49)47-34(22-25-13-14-26-6-1-3-8-29(26)20-25)38(50)46-33(36(42)48)10-5-19-45-39(43)44/h1-4,6-9,11-18,20,23,32-34H,5,10,19,21-22H2,(H3,40,41)(H2,42,48)(H,46,50)(H,47,49)(H4,43,44,45)/t32-,33+,34+/m1/s1. The molecule has 0 heterocycles. The van der Waals surface area contributed by atoms with Gasteiger partial charge in [0.2, 0.25) is 17.7 Å². The minimum absolute atomic E-state index is 0.0478. The molecule has 11 N–H and O–H groups in total. The monoisotopic (exact) mass is 670 g/mol. The number of carbonyl (C=O) groups is 3. The van der Waals surface area contributed by atoms with Gasteiger partial charge in [-0.1, -0.05) is 109 Å². The van der Waals surface area contributed by atoms with Crippen LogP contribution in [-0.2, 0) is 27.2 Å². The number of aliphatic imine (C=N–C) groups is 1. The van der Waals surface area contributed by atoms with Gasteiger partial charge in [0, 0.05) is 18.5 Å². The molecule has 256 valence electrons. The lowest BCUT2D eigenvalue weighted by Gasteiger charge is -2.25. The molecule has 0 aliphatic rings. The van der Waals surface area contributed by atoms with Crippen molar-refractivity contribution in [1.29, 1.82) is 5.41 Å². The van der Waals surface area contributed by atoms with Crippen LogP contribution in [-0.4, -0.2) is 48.1 Å². The molecule has 0 aromatic heterocycles. The zero-order chi connectivity index (χ0) is 35.6. The molecule has 0 bridgehead atoms. The maximum absolute atomic E-state index is 14.4. The molecule has 0 unspecified atom stereocenters. The first kappa shape index (κ1) is 35.1. The molecule has 11 heteroatoms. The average Bonchev–Trinajstić information content (AvgIpc) is 3.11. The lowest BCUT2D eigenvalue weighted by atomic mass is 9.89. The number of nitrogens with two attached hydrogens (primary N) is 4. The second kappa shape index (κ2) is 16.2. The number of carbonyl (C=O) groups excluding carboxylic acids is 3. The fourth-order valence-electron chi connectivity index (χ4n) is 5.99. The van der Waals surface area contributed by atoms with Crippen LogP contribution >= 0.6 is 0 Å². The van der Waals surface area contributed by atoms with Gasteiger partial charge in [0.15, 0.2) is 5.96 Å². The molecule has 5 rings (SSSR count). The quantitative estimate of drug-likeness (QED) is 0.0503. The topological polar surface area (TPSA) is 216 Å². The van der Waals surface area contributed by atoms with E-state index in [0.29, 0.717) is 18.4 Å². The molecule has 50 heavy (non-hydrogen) atoms. The van der Waals surface area contributed by atoms with E-state index in [4.69, 9.17) is 28.3 Å². The number of amidine groups is 1. The lowest BCUT2D eigenvalue weighted by Crippen LogP contribution is -2.54. The molecular weight excluding hydrogens is 628 g/mol. The van der Waals surface area contributed by atoms with E-state index in [1.807, 2.05) is 97.1 Å². The van der Waals surface area contributed by atoms with Crippen molar-refractivity contribution in [1.82, 2.24) is 10.6 Å². The van der Waals surface area contributed by atoms with Crippen LogP contribution < -0.4 is 33.6 Å². The van der Waals surface area contributed by atoms with Crippen LogP contribution in [0.25, 0.3) is 21.5 Å². The summed E-state index contributed by atoms with van der Waals surface area (Å²) in [6, 6.07) is 32.7. The highest BCUT2D eigenvalue weighted by atomic mass is 16.2. The molecule has 11 nitrogen and oxygen atoms in total. The predicted molar refractivity (Wildman–Crippen MR) is 198 cm³/mol. The van der Waals surface area contributed by atoms with Gasteiger partial charge in [-0.2, -0.15) is 0 Å². The second-order valence-corrected chi connectivity index (χ2v) is 12.3. The number of hydrogen-bond acceptors (Lipinski definition) is 5. The minimum Gasteiger partial charge on any atom is -0.384 e. The van der Waals surface area contributed by atoms with Crippen molar-refractivity contribution < 1.29 is 14.4 Å². The Labute approximate surface area is 290 Å². The highest BCUT2D eigenvalue weighted by Crippen LogP contribution is 2.26. The Morgan fingerprint density at radius 2 is 1.22 bits per heavy atom. The summed E-state index contributed by atoms with van der Waals surface area (Å²) in [5, 5.41) is 17.6. The summed E-state index contributed by atoms with van der Waals surface area (Å²) in [6.07, 6.45) is 1.10. The number of hydrogen-bond donors (Lipinski definition) is 7. The number of benzene rings is 5. The number of primary amides is 1. The SMILES string of the molecule is N=C(N)c1ccc(C[C@@H](C(=O)N[C@@H](Cc2ccc3ccccc3c2)C(=O)N[C@@H](CCCN=C(N)N)C(N)=O)c2ccc3ccccc3c2)cc1. The van der Waals surface area contributed by atoms with E-state index in [1.54, 1.807) is 12.1 Å². The van der Waals surface area contributed by atoms with Crippen molar-refractivity contribution >= 4 is 51.1 Å². The van der Waals surface area contributed by atoms with Gasteiger partial charge in [-0.15, -0.1) is 0 Å². The number of guanidine groups is 1. The van der Waals surface area contributed by atoms with Crippen LogP contribution in [0.1, 0.15) is 41.0 Å². The Balaban J connectivity index is 1.46. The summed E-state index contributed by atoms with van der Waals surface area (Å²) in [5.41, 5.74) is 25.2. The van der Waals surface area contributed by atoms with Gasteiger partial charge < -0.3 is 33.6 Å². The molecule has 3 amide bonds. The summed E-state index contributed by atoms with van der Waals surface area (Å²) < 4.78 is 0. The van der Waals surface area contributed by atoms with Gasteiger partial charge in [-0.3, -0.25) is 24.8 Å². The van der Waals surface area contributed by atoms with Crippen molar-refractivity contribution in [3.8, 4) is 0 Å². The van der Waals surface area contributed by atoms with E-state index in [-0.39, 0.29) is 37.1 Å². The smallest absolute Gasteiger partial charge is 0.243 e. The summed E-state index contributed by atoms with van der Waals surface area (Å²) >= 11 is 0. The maximum atomic E-state index is 14.4. The van der Waals surface area contributed by atoms with Crippen LogP contribution in [0.5, 0.6) is 0 Å². The van der Waals surface area contributed by atoms with Crippen molar-refractivity contribution in [2.75, 3.05) is 6.54 Å². The molecule has 0 radical (unpaired) electrons. The van der Waals surface area contributed by atoms with Crippen LogP contribution in [0.4, 0.5) is 0 Å². The third-order valence-electron chi connectivity index (χ3n) is 8.69. The Hall–Kier alpha value is -6.23. The molecule has 0 aliphatic heterocycles. The molecule has 0 spiro atoms. The Bertz CT molecular complexity index is 2040. The molecule has 0 saturated heterocycles. The predicted octanol–water partition coefficient (Wildman–Crippen LogP) is 3.35. The first-order chi connectivity index (χ1) is 24.1. The first-order valence-corrected chi connectivity index (χ1v) is 16.4. The van der Waals surface area contributed by atoms with Gasteiger partial charge in [0.05, 0.1) is 5.92 Å². The third-order valence-corrected chi connectivity index (χ3v) is 8.69. The van der Waals surface area contributed by atoms with Gasteiger partial charge in [-0.05, 0) is 57.5 Å². The minimum atomic E-state index is -1.04. The molecule has 5 aromatic carbocycles. The molecule has 0 fully saturated rings. The lowest BCUT2D eigenvalue weighted by molar-refractivity contribution is -0.131. The average molecular weight is 671 g/mol. The van der Waals surface area contributed by atoms with Gasteiger partial charge in [0.25, 0.3) is 0 Å². The molecule has 3 atom stereocenters. The van der Waals surface area contributed by atoms with Crippen LogP contribution in [0, 0.1) is 5.41 Å². The summed E-state index contributed by atoms with van der Waals surface area (Å²) in [5.74, 6) is -2.41. The van der Waals surface area contributed by atoms with Crippen molar-refractivity contribution in [2.45, 2.75) is 43.7 Å². The number of nitrogen functional groups attached to an aromatic ring is 1. The van der Waals surface area contributed by atoms with Gasteiger partial charge in [0.1, 0.15) is 17.9 Å². The molecule has 5 aromatic rings. The zero-order valence-electron chi connectivity index (χ0n) is 27.6. The zero-order valence-corrected chi connectivity index (χ0v) is 27.6. The van der Waals surface area contributed by atoms with E-state index >= 15 is 0 Å². The molecule has 0 saturated carbocycles. The van der Waals surface area contributed by atoms with Crippen molar-refractivity contribution in [2.24, 2.45) is 27.9 Å². The summed E-state index contributed by atoms with van der Waals surface area (Å²) in [7, 11) is 0. The number of fused-ring (bicyclic) bond motifs is 2. The van der Waals surface area contributed by atoms with E-state index in [0.717, 1.165) is 38.2 Å². The Morgan fingerprint density at radius 3 is 1.84 bits per heavy atom. The first-order valence-electron chi connectivity index (χ1n) is 16.4. The number of nitrogens with zero attached hydrogens (tertiary/aromatic N) is 1. The summed E-state index contributed by atoms with van der Waals surface area (Å²) in [6.45, 7) is 0.264.